The zero-order chi connectivity index (χ0) is 18.3. The fourth-order valence-electron chi connectivity index (χ4n) is 1.96. The highest BCUT2D eigenvalue weighted by atomic mass is 19.4. The lowest BCUT2D eigenvalue weighted by Gasteiger charge is -2.07. The quantitative estimate of drug-likeness (QED) is 0.432. The summed E-state index contributed by atoms with van der Waals surface area (Å²) in [5.74, 6) is 3.03. The maximum atomic E-state index is 12.5. The molecule has 0 spiro atoms. The fourth-order valence-corrected chi connectivity index (χ4v) is 1.96. The van der Waals surface area contributed by atoms with Crippen molar-refractivity contribution in [3.63, 3.8) is 0 Å². The smallest absolute Gasteiger partial charge is 0.416 e. The van der Waals surface area contributed by atoms with Crippen LogP contribution in [-0.2, 0) is 17.6 Å². The van der Waals surface area contributed by atoms with Crippen LogP contribution in [0, 0.1) is 12.3 Å². The normalized spacial score (nSPS) is 11.7. The molecule has 0 aliphatic rings. The highest BCUT2D eigenvalue weighted by molar-refractivity contribution is 5.98. The first-order valence-electron chi connectivity index (χ1n) is 7.39. The largest absolute Gasteiger partial charge is 0.481 e. The summed E-state index contributed by atoms with van der Waals surface area (Å²) in [6.45, 7) is 2.05. The van der Waals surface area contributed by atoms with Crippen LogP contribution in [0.2, 0.25) is 0 Å². The predicted octanol–water partition coefficient (Wildman–Crippen LogP) is 4.66. The number of hydrogen-bond donors (Lipinski definition) is 0. The second-order valence-electron chi connectivity index (χ2n) is 5.16. The van der Waals surface area contributed by atoms with Crippen molar-refractivity contribution in [3.05, 3.63) is 65.2 Å². The molecule has 6 heteroatoms. The Labute approximate surface area is 144 Å². The summed E-state index contributed by atoms with van der Waals surface area (Å²) in [6.07, 6.45) is 0.777. The van der Waals surface area contributed by atoms with Crippen molar-refractivity contribution in [2.75, 3.05) is 6.61 Å². The maximum Gasteiger partial charge on any atom is 0.416 e. The van der Waals surface area contributed by atoms with Gasteiger partial charge in [-0.05, 0) is 54.4 Å². The van der Waals surface area contributed by atoms with E-state index < -0.39 is 11.7 Å². The first-order valence-corrected chi connectivity index (χ1v) is 7.39. The highest BCUT2D eigenvalue weighted by Gasteiger charge is 2.29. The van der Waals surface area contributed by atoms with E-state index >= 15 is 0 Å². The summed E-state index contributed by atoms with van der Waals surface area (Å²) in [4.78, 5) is 5.21. The molecule has 2 rings (SSSR count). The van der Waals surface area contributed by atoms with E-state index in [4.69, 9.17) is 16.0 Å². The number of hydrogen-bond acceptors (Lipinski definition) is 3. The molecular weight excluding hydrogens is 331 g/mol. The van der Waals surface area contributed by atoms with Gasteiger partial charge in [0.15, 0.2) is 0 Å². The van der Waals surface area contributed by atoms with Gasteiger partial charge in [0.2, 0.25) is 0 Å². The van der Waals surface area contributed by atoms with Crippen molar-refractivity contribution >= 4 is 5.71 Å². The Hall–Kier alpha value is -2.94. The summed E-state index contributed by atoms with van der Waals surface area (Å²) >= 11 is 0. The van der Waals surface area contributed by atoms with E-state index in [0.29, 0.717) is 17.0 Å². The zero-order valence-electron chi connectivity index (χ0n) is 13.5. The Kier molecular flexibility index (Phi) is 6.07. The van der Waals surface area contributed by atoms with Crippen LogP contribution >= 0.6 is 0 Å². The maximum absolute atomic E-state index is 12.5. The standard InChI is InChI=1S/C19H16F3NO2/c1-3-12-24-18-10-6-16(7-11-18)14(2)23-25-13-15-4-8-17(9-5-15)19(20,21)22/h1,4-11H,12-13H2,2H3/b23-14+. The molecule has 0 aromatic heterocycles. The molecule has 130 valence electrons. The van der Waals surface area contributed by atoms with Crippen LogP contribution in [0.25, 0.3) is 0 Å². The van der Waals surface area contributed by atoms with Crippen LogP contribution in [0.15, 0.2) is 53.7 Å². The first kappa shape index (κ1) is 18.4. The molecule has 0 atom stereocenters. The van der Waals surface area contributed by atoms with E-state index in [-0.39, 0.29) is 13.2 Å². The summed E-state index contributed by atoms with van der Waals surface area (Å²) in [5.41, 5.74) is 1.38. The molecule has 0 unspecified atom stereocenters. The summed E-state index contributed by atoms with van der Waals surface area (Å²) < 4.78 is 42.7. The summed E-state index contributed by atoms with van der Waals surface area (Å²) in [7, 11) is 0. The zero-order valence-corrected chi connectivity index (χ0v) is 13.5. The molecule has 0 saturated heterocycles. The van der Waals surface area contributed by atoms with Crippen LogP contribution in [-0.4, -0.2) is 12.3 Å². The number of ether oxygens (including phenoxy) is 1. The Balaban J connectivity index is 1.92. The number of rotatable bonds is 6. The molecule has 0 aliphatic heterocycles. The summed E-state index contributed by atoms with van der Waals surface area (Å²) in [6, 6.07) is 11.9. The third-order valence-electron chi connectivity index (χ3n) is 3.31. The minimum atomic E-state index is -4.34. The van der Waals surface area contributed by atoms with E-state index in [9.17, 15) is 13.2 Å². The minimum Gasteiger partial charge on any atom is -0.481 e. The van der Waals surface area contributed by atoms with Gasteiger partial charge in [-0.25, -0.2) is 0 Å². The van der Waals surface area contributed by atoms with E-state index in [1.54, 1.807) is 19.1 Å². The van der Waals surface area contributed by atoms with Gasteiger partial charge in [-0.15, -0.1) is 6.42 Å². The molecule has 0 amide bonds. The topological polar surface area (TPSA) is 30.8 Å². The van der Waals surface area contributed by atoms with E-state index in [2.05, 4.69) is 11.1 Å². The Morgan fingerprint density at radius 3 is 2.28 bits per heavy atom. The van der Waals surface area contributed by atoms with Crippen molar-refractivity contribution in [2.24, 2.45) is 5.16 Å². The molecule has 0 radical (unpaired) electrons. The molecule has 0 aliphatic carbocycles. The highest BCUT2D eigenvalue weighted by Crippen LogP contribution is 2.29. The molecule has 25 heavy (non-hydrogen) atoms. The average molecular weight is 347 g/mol. The van der Waals surface area contributed by atoms with Crippen molar-refractivity contribution in [3.8, 4) is 18.1 Å². The molecule has 0 bridgehead atoms. The Morgan fingerprint density at radius 2 is 1.72 bits per heavy atom. The lowest BCUT2D eigenvalue weighted by atomic mass is 10.1. The third-order valence-corrected chi connectivity index (χ3v) is 3.31. The second kappa shape index (κ2) is 8.25. The molecule has 0 N–H and O–H groups in total. The molecule has 2 aromatic rings. The molecular formula is C19H16F3NO2. The Bertz CT molecular complexity index is 757. The second-order valence-corrected chi connectivity index (χ2v) is 5.16. The van der Waals surface area contributed by atoms with E-state index in [0.717, 1.165) is 17.7 Å². The fraction of sp³-hybridized carbons (Fsp3) is 0.211. The van der Waals surface area contributed by atoms with Crippen LogP contribution in [0.3, 0.4) is 0 Å². The van der Waals surface area contributed by atoms with Crippen molar-refractivity contribution in [1.29, 1.82) is 0 Å². The summed E-state index contributed by atoms with van der Waals surface area (Å²) in [5, 5.41) is 3.97. The molecule has 0 fully saturated rings. The third kappa shape index (κ3) is 5.57. The van der Waals surface area contributed by atoms with Gasteiger partial charge in [-0.2, -0.15) is 13.2 Å². The minimum absolute atomic E-state index is 0.0822. The van der Waals surface area contributed by atoms with Crippen LogP contribution < -0.4 is 4.74 Å². The number of halogens is 3. The lowest BCUT2D eigenvalue weighted by Crippen LogP contribution is -2.04. The monoisotopic (exact) mass is 347 g/mol. The molecule has 0 heterocycles. The van der Waals surface area contributed by atoms with Crippen LogP contribution in [0.4, 0.5) is 13.2 Å². The number of terminal acetylenes is 1. The van der Waals surface area contributed by atoms with Gasteiger partial charge in [0, 0.05) is 0 Å². The number of nitrogens with zero attached hydrogens (tertiary/aromatic N) is 1. The van der Waals surface area contributed by atoms with E-state index in [1.165, 1.54) is 12.1 Å². The van der Waals surface area contributed by atoms with Crippen molar-refractivity contribution < 1.29 is 22.7 Å². The van der Waals surface area contributed by atoms with Crippen LogP contribution in [0.5, 0.6) is 5.75 Å². The Morgan fingerprint density at radius 1 is 1.08 bits per heavy atom. The van der Waals surface area contributed by atoms with Gasteiger partial charge in [0.05, 0.1) is 11.3 Å². The van der Waals surface area contributed by atoms with Gasteiger partial charge in [0.1, 0.15) is 19.0 Å². The molecule has 2 aromatic carbocycles. The molecule has 3 nitrogen and oxygen atoms in total. The lowest BCUT2D eigenvalue weighted by molar-refractivity contribution is -0.137. The molecule has 0 saturated carbocycles. The van der Waals surface area contributed by atoms with E-state index in [1.807, 2.05) is 12.1 Å². The van der Waals surface area contributed by atoms with Crippen molar-refractivity contribution in [1.82, 2.24) is 0 Å². The average Bonchev–Trinajstić information content (AvgIpc) is 2.60. The number of benzene rings is 2. The van der Waals surface area contributed by atoms with Gasteiger partial charge < -0.3 is 9.57 Å². The van der Waals surface area contributed by atoms with Gasteiger partial charge in [-0.1, -0.05) is 23.2 Å². The van der Waals surface area contributed by atoms with Crippen molar-refractivity contribution in [2.45, 2.75) is 19.7 Å². The van der Waals surface area contributed by atoms with Gasteiger partial charge >= 0.3 is 6.18 Å². The van der Waals surface area contributed by atoms with Gasteiger partial charge in [-0.3, -0.25) is 0 Å². The SMILES string of the molecule is C#CCOc1ccc(/C(C)=N/OCc2ccc(C(F)(F)F)cc2)cc1. The van der Waals surface area contributed by atoms with Gasteiger partial charge in [0.25, 0.3) is 0 Å². The van der Waals surface area contributed by atoms with Crippen LogP contribution in [0.1, 0.15) is 23.6 Å². The first-order chi connectivity index (χ1) is 11.9. The number of oxime groups is 1. The number of alkyl halides is 3. The predicted molar refractivity (Wildman–Crippen MR) is 89.2 cm³/mol.